The van der Waals surface area contributed by atoms with Gasteiger partial charge < -0.3 is 14.5 Å². The number of ether oxygens (including phenoxy) is 1. The Morgan fingerprint density at radius 1 is 1.25 bits per heavy atom. The summed E-state index contributed by atoms with van der Waals surface area (Å²) in [7, 11) is 1.35. The summed E-state index contributed by atoms with van der Waals surface area (Å²) in [6.07, 6.45) is 1.53. The maximum absolute atomic E-state index is 11.5. The number of methoxy groups -OCH3 is 1. The molecule has 0 spiro atoms. The molecule has 1 aliphatic rings. The van der Waals surface area contributed by atoms with E-state index in [-0.39, 0.29) is 11.9 Å². The van der Waals surface area contributed by atoms with Crippen molar-refractivity contribution in [2.24, 2.45) is 0 Å². The van der Waals surface area contributed by atoms with Gasteiger partial charge in [-0.2, -0.15) is 0 Å². The van der Waals surface area contributed by atoms with Crippen molar-refractivity contribution in [1.82, 2.24) is 9.88 Å². The average Bonchev–Trinajstić information content (AvgIpc) is 2.46. The maximum atomic E-state index is 11.5. The molecule has 1 saturated heterocycles. The highest BCUT2D eigenvalue weighted by Gasteiger charge is 2.21. The third-order valence-electron chi connectivity index (χ3n) is 3.50. The van der Waals surface area contributed by atoms with E-state index in [1.807, 2.05) is 11.8 Å². The molecule has 6 nitrogen and oxygen atoms in total. The molecule has 1 aliphatic heterocycles. The van der Waals surface area contributed by atoms with Gasteiger partial charge in [0.1, 0.15) is 5.82 Å². The zero-order chi connectivity index (χ0) is 14.7. The van der Waals surface area contributed by atoms with Crippen molar-refractivity contribution in [3.8, 4) is 0 Å². The van der Waals surface area contributed by atoms with Crippen molar-refractivity contribution < 1.29 is 14.3 Å². The molecule has 1 amide bonds. The van der Waals surface area contributed by atoms with Crippen LogP contribution in [0.5, 0.6) is 0 Å². The first-order valence-electron chi connectivity index (χ1n) is 6.58. The number of piperazine rings is 1. The number of esters is 1. The number of amides is 1. The monoisotopic (exact) mass is 277 g/mol. The van der Waals surface area contributed by atoms with E-state index in [1.54, 1.807) is 13.0 Å². The van der Waals surface area contributed by atoms with Gasteiger partial charge in [0.25, 0.3) is 0 Å². The molecule has 1 aromatic rings. The van der Waals surface area contributed by atoms with Crippen LogP contribution in [-0.2, 0) is 9.53 Å². The van der Waals surface area contributed by atoms with Gasteiger partial charge in [0.15, 0.2) is 0 Å². The van der Waals surface area contributed by atoms with E-state index >= 15 is 0 Å². The molecule has 108 valence electrons. The molecule has 6 heteroatoms. The van der Waals surface area contributed by atoms with Crippen molar-refractivity contribution in [3.05, 3.63) is 23.4 Å². The van der Waals surface area contributed by atoms with Crippen molar-refractivity contribution in [2.75, 3.05) is 38.2 Å². The van der Waals surface area contributed by atoms with Gasteiger partial charge in [-0.25, -0.2) is 9.78 Å². The van der Waals surface area contributed by atoms with E-state index in [9.17, 15) is 9.59 Å². The van der Waals surface area contributed by atoms with Gasteiger partial charge in [-0.1, -0.05) is 0 Å². The average molecular weight is 277 g/mol. The van der Waals surface area contributed by atoms with Gasteiger partial charge >= 0.3 is 5.97 Å². The van der Waals surface area contributed by atoms with Gasteiger partial charge in [0.05, 0.1) is 12.7 Å². The topological polar surface area (TPSA) is 62.7 Å². The normalized spacial score (nSPS) is 15.2. The summed E-state index contributed by atoms with van der Waals surface area (Å²) in [4.78, 5) is 31.1. The molecule has 0 aliphatic carbocycles. The van der Waals surface area contributed by atoms with Gasteiger partial charge in [-0.15, -0.1) is 0 Å². The standard InChI is InChI=1S/C14H19N3O3/c1-10-8-12(14(19)20-3)9-15-13(10)17-6-4-16(5-7-17)11(2)18/h8-9H,4-7H2,1-3H3. The highest BCUT2D eigenvalue weighted by molar-refractivity contribution is 5.89. The Morgan fingerprint density at radius 3 is 2.40 bits per heavy atom. The van der Waals surface area contributed by atoms with E-state index in [2.05, 4.69) is 14.6 Å². The lowest BCUT2D eigenvalue weighted by molar-refractivity contribution is -0.129. The molecule has 0 bridgehead atoms. The van der Waals surface area contributed by atoms with Crippen LogP contribution in [0.1, 0.15) is 22.8 Å². The van der Waals surface area contributed by atoms with Crippen molar-refractivity contribution in [2.45, 2.75) is 13.8 Å². The number of nitrogens with zero attached hydrogens (tertiary/aromatic N) is 3. The number of anilines is 1. The van der Waals surface area contributed by atoms with Gasteiger partial charge in [0, 0.05) is 39.3 Å². The molecule has 0 aromatic carbocycles. The van der Waals surface area contributed by atoms with Gasteiger partial charge in [-0.3, -0.25) is 4.79 Å². The van der Waals surface area contributed by atoms with E-state index < -0.39 is 0 Å². The second-order valence-electron chi connectivity index (χ2n) is 4.85. The van der Waals surface area contributed by atoms with Crippen molar-refractivity contribution in [3.63, 3.8) is 0 Å². The fraction of sp³-hybridized carbons (Fsp3) is 0.500. The minimum absolute atomic E-state index is 0.107. The highest BCUT2D eigenvalue weighted by Crippen LogP contribution is 2.20. The van der Waals surface area contributed by atoms with Crippen LogP contribution < -0.4 is 4.90 Å². The number of aromatic nitrogens is 1. The molecule has 0 saturated carbocycles. The van der Waals surface area contributed by atoms with Gasteiger partial charge in [0.2, 0.25) is 5.91 Å². The zero-order valence-electron chi connectivity index (χ0n) is 12.0. The molecule has 0 N–H and O–H groups in total. The number of rotatable bonds is 2. The lowest BCUT2D eigenvalue weighted by Gasteiger charge is -2.35. The number of hydrogen-bond acceptors (Lipinski definition) is 5. The quantitative estimate of drug-likeness (QED) is 0.750. The summed E-state index contributed by atoms with van der Waals surface area (Å²) in [5, 5.41) is 0. The molecule has 1 fully saturated rings. The number of pyridine rings is 1. The Bertz CT molecular complexity index is 522. The minimum Gasteiger partial charge on any atom is -0.465 e. The predicted molar refractivity (Wildman–Crippen MR) is 74.8 cm³/mol. The molecule has 0 atom stereocenters. The maximum Gasteiger partial charge on any atom is 0.339 e. The summed E-state index contributed by atoms with van der Waals surface area (Å²) in [5.74, 6) is 0.588. The second-order valence-corrected chi connectivity index (χ2v) is 4.85. The Balaban J connectivity index is 2.11. The molecule has 0 radical (unpaired) electrons. The van der Waals surface area contributed by atoms with Crippen LogP contribution >= 0.6 is 0 Å². The van der Waals surface area contributed by atoms with Crippen molar-refractivity contribution >= 4 is 17.7 Å². The first kappa shape index (κ1) is 14.3. The third kappa shape index (κ3) is 2.89. The van der Waals surface area contributed by atoms with Crippen LogP contribution in [0.2, 0.25) is 0 Å². The minimum atomic E-state index is -0.381. The number of carbonyl (C=O) groups excluding carboxylic acids is 2. The summed E-state index contributed by atoms with van der Waals surface area (Å²) >= 11 is 0. The predicted octanol–water partition coefficient (Wildman–Crippen LogP) is 0.845. The number of hydrogen-bond donors (Lipinski definition) is 0. The van der Waals surface area contributed by atoms with E-state index in [4.69, 9.17) is 0 Å². The second kappa shape index (κ2) is 5.90. The fourth-order valence-electron chi connectivity index (χ4n) is 2.36. The summed E-state index contributed by atoms with van der Waals surface area (Å²) in [6.45, 7) is 6.43. The summed E-state index contributed by atoms with van der Waals surface area (Å²) < 4.78 is 4.68. The summed E-state index contributed by atoms with van der Waals surface area (Å²) in [5.41, 5.74) is 1.39. The Morgan fingerprint density at radius 2 is 1.90 bits per heavy atom. The molecule has 20 heavy (non-hydrogen) atoms. The molecule has 2 heterocycles. The van der Waals surface area contributed by atoms with E-state index in [0.29, 0.717) is 18.7 Å². The lowest BCUT2D eigenvalue weighted by atomic mass is 10.2. The van der Waals surface area contributed by atoms with Crippen LogP contribution in [-0.4, -0.2) is 55.0 Å². The first-order valence-corrected chi connectivity index (χ1v) is 6.58. The molecular weight excluding hydrogens is 258 g/mol. The van der Waals surface area contributed by atoms with Gasteiger partial charge in [-0.05, 0) is 18.6 Å². The Hall–Kier alpha value is -2.11. The van der Waals surface area contributed by atoms with Crippen molar-refractivity contribution in [1.29, 1.82) is 0 Å². The van der Waals surface area contributed by atoms with Crippen LogP contribution in [0.15, 0.2) is 12.3 Å². The third-order valence-corrected chi connectivity index (χ3v) is 3.50. The van der Waals surface area contributed by atoms with E-state index in [1.165, 1.54) is 13.3 Å². The van der Waals surface area contributed by atoms with Crippen LogP contribution in [0, 0.1) is 6.92 Å². The zero-order valence-corrected chi connectivity index (χ0v) is 12.0. The molecule has 0 unspecified atom stereocenters. The highest BCUT2D eigenvalue weighted by atomic mass is 16.5. The Labute approximate surface area is 118 Å². The smallest absolute Gasteiger partial charge is 0.339 e. The number of carbonyl (C=O) groups is 2. The molecule has 2 rings (SSSR count). The van der Waals surface area contributed by atoms with Crippen LogP contribution in [0.25, 0.3) is 0 Å². The van der Waals surface area contributed by atoms with Crippen LogP contribution in [0.4, 0.5) is 5.82 Å². The first-order chi connectivity index (χ1) is 9.52. The van der Waals surface area contributed by atoms with E-state index in [0.717, 1.165) is 24.5 Å². The fourth-order valence-corrected chi connectivity index (χ4v) is 2.36. The largest absolute Gasteiger partial charge is 0.465 e. The molecule has 1 aromatic heterocycles. The number of aryl methyl sites for hydroxylation is 1. The Kier molecular flexibility index (Phi) is 4.22. The van der Waals surface area contributed by atoms with Crippen LogP contribution in [0.3, 0.4) is 0 Å². The molecular formula is C14H19N3O3. The lowest BCUT2D eigenvalue weighted by Crippen LogP contribution is -2.48. The summed E-state index contributed by atoms with van der Waals surface area (Å²) in [6, 6.07) is 1.78. The SMILES string of the molecule is COC(=O)c1cnc(N2CCN(C(C)=O)CC2)c(C)c1.